The smallest absolute Gasteiger partial charge is 0.322 e. The molecule has 0 fully saturated rings. The number of hydrogen-bond donors (Lipinski definition) is 4. The Bertz CT molecular complexity index is 692. The third-order valence-electron chi connectivity index (χ3n) is 2.54. The first-order valence-corrected chi connectivity index (χ1v) is 7.02. The summed E-state index contributed by atoms with van der Waals surface area (Å²) >= 11 is 0. The van der Waals surface area contributed by atoms with Gasteiger partial charge in [-0.1, -0.05) is 0 Å². The average Bonchev–Trinajstić information content (AvgIpc) is 2.70. The van der Waals surface area contributed by atoms with Gasteiger partial charge < -0.3 is 21.1 Å². The van der Waals surface area contributed by atoms with Gasteiger partial charge in [0, 0.05) is 13.2 Å². The molecule has 0 radical (unpaired) electrons. The monoisotopic (exact) mass is 318 g/mol. The van der Waals surface area contributed by atoms with Crippen LogP contribution in [0.4, 0.5) is 0 Å². The minimum Gasteiger partial charge on any atom is -0.480 e. The number of nitrogens with two attached hydrogens (primary N) is 2. The van der Waals surface area contributed by atoms with Crippen molar-refractivity contribution >= 4 is 27.8 Å². The largest absolute Gasteiger partial charge is 0.480 e. The summed E-state index contributed by atoms with van der Waals surface area (Å²) in [5, 5.41) is 8.87. The maximum Gasteiger partial charge on any atom is 0.322 e. The molecule has 0 aromatic carbocycles. The van der Waals surface area contributed by atoms with Gasteiger partial charge in [-0.2, -0.15) is 4.72 Å². The van der Waals surface area contributed by atoms with Gasteiger partial charge >= 0.3 is 5.97 Å². The van der Waals surface area contributed by atoms with Crippen LogP contribution < -0.4 is 16.2 Å². The lowest BCUT2D eigenvalue weighted by atomic mass is 10.2. The van der Waals surface area contributed by atoms with Crippen molar-refractivity contribution in [3.05, 3.63) is 18.0 Å². The molecule has 0 aliphatic rings. The molecule has 0 saturated heterocycles. The number of primary amides is 2. The summed E-state index contributed by atoms with van der Waals surface area (Å²) in [6.45, 7) is 0. The summed E-state index contributed by atoms with van der Waals surface area (Å²) in [7, 11) is -2.85. The van der Waals surface area contributed by atoms with E-state index in [2.05, 4.69) is 0 Å². The molecule has 1 aromatic heterocycles. The molecule has 0 spiro atoms. The van der Waals surface area contributed by atoms with E-state index in [1.54, 1.807) is 0 Å². The number of carboxylic acids is 1. The van der Waals surface area contributed by atoms with E-state index in [0.717, 1.165) is 12.3 Å². The Morgan fingerprint density at radius 1 is 1.38 bits per heavy atom. The van der Waals surface area contributed by atoms with E-state index in [1.807, 2.05) is 4.72 Å². The molecule has 1 atom stereocenters. The molecule has 10 nitrogen and oxygen atoms in total. The topological polar surface area (TPSA) is 175 Å². The number of aromatic nitrogens is 1. The Hall–Kier alpha value is -2.40. The Balaban J connectivity index is 3.10. The number of nitrogens with zero attached hydrogens (tertiary/aromatic N) is 1. The number of hydrogen-bond acceptors (Lipinski definition) is 5. The van der Waals surface area contributed by atoms with E-state index in [-0.39, 0.29) is 10.6 Å². The molecule has 116 valence electrons. The molecule has 21 heavy (non-hydrogen) atoms. The number of rotatable bonds is 7. The highest BCUT2D eigenvalue weighted by Crippen LogP contribution is 2.14. The van der Waals surface area contributed by atoms with Crippen molar-refractivity contribution in [3.8, 4) is 0 Å². The molecule has 1 heterocycles. The van der Waals surface area contributed by atoms with Gasteiger partial charge in [-0.25, -0.2) is 8.42 Å². The van der Waals surface area contributed by atoms with Crippen LogP contribution in [0.1, 0.15) is 16.9 Å². The van der Waals surface area contributed by atoms with Crippen LogP contribution in [0.5, 0.6) is 0 Å². The third-order valence-corrected chi connectivity index (χ3v) is 3.98. The zero-order chi connectivity index (χ0) is 16.4. The fourth-order valence-electron chi connectivity index (χ4n) is 1.56. The summed E-state index contributed by atoms with van der Waals surface area (Å²) in [6.07, 6.45) is 0.385. The first kappa shape index (κ1) is 16.7. The van der Waals surface area contributed by atoms with Gasteiger partial charge in [0.2, 0.25) is 15.9 Å². The predicted molar refractivity (Wildman–Crippen MR) is 69.5 cm³/mol. The minimum atomic E-state index is -4.25. The lowest BCUT2D eigenvalue weighted by Gasteiger charge is -2.12. The van der Waals surface area contributed by atoms with E-state index in [9.17, 15) is 22.8 Å². The summed E-state index contributed by atoms with van der Waals surface area (Å²) in [5.41, 5.74) is 9.84. The first-order valence-electron chi connectivity index (χ1n) is 5.54. The van der Waals surface area contributed by atoms with Gasteiger partial charge in [0.1, 0.15) is 16.6 Å². The van der Waals surface area contributed by atoms with Crippen molar-refractivity contribution in [1.29, 1.82) is 0 Å². The highest BCUT2D eigenvalue weighted by molar-refractivity contribution is 7.89. The number of aryl methyl sites for hydroxylation is 1. The second-order valence-electron chi connectivity index (χ2n) is 4.22. The summed E-state index contributed by atoms with van der Waals surface area (Å²) < 4.78 is 27.1. The van der Waals surface area contributed by atoms with Crippen LogP contribution in [0.3, 0.4) is 0 Å². The van der Waals surface area contributed by atoms with Crippen LogP contribution in [-0.2, 0) is 26.7 Å². The number of nitrogens with one attached hydrogen (secondary N) is 1. The van der Waals surface area contributed by atoms with Crippen LogP contribution in [0.25, 0.3) is 0 Å². The molecule has 0 saturated carbocycles. The van der Waals surface area contributed by atoms with E-state index >= 15 is 0 Å². The van der Waals surface area contributed by atoms with E-state index in [0.29, 0.717) is 0 Å². The predicted octanol–water partition coefficient (Wildman–Crippen LogP) is -2.27. The van der Waals surface area contributed by atoms with Gasteiger partial charge in [0.15, 0.2) is 0 Å². The molecule has 0 unspecified atom stereocenters. The van der Waals surface area contributed by atoms with Crippen molar-refractivity contribution in [2.24, 2.45) is 18.5 Å². The molecule has 6 N–H and O–H groups in total. The number of aliphatic carboxylic acids is 1. The lowest BCUT2D eigenvalue weighted by molar-refractivity contribution is -0.140. The van der Waals surface area contributed by atoms with Gasteiger partial charge in [-0.3, -0.25) is 14.4 Å². The fraction of sp³-hybridized carbons (Fsp3) is 0.300. The summed E-state index contributed by atoms with van der Waals surface area (Å²) in [6, 6.07) is -0.710. The zero-order valence-corrected chi connectivity index (χ0v) is 11.8. The zero-order valence-electron chi connectivity index (χ0n) is 10.9. The number of sulfonamides is 1. The van der Waals surface area contributed by atoms with E-state index in [1.165, 1.54) is 11.6 Å². The van der Waals surface area contributed by atoms with Crippen molar-refractivity contribution < 1.29 is 27.9 Å². The minimum absolute atomic E-state index is 0.0721. The highest BCUT2D eigenvalue weighted by Gasteiger charge is 2.28. The third kappa shape index (κ3) is 4.03. The maximum atomic E-state index is 12.0. The van der Waals surface area contributed by atoms with E-state index < -0.39 is 40.3 Å². The lowest BCUT2D eigenvalue weighted by Crippen LogP contribution is -2.43. The van der Waals surface area contributed by atoms with Crippen LogP contribution >= 0.6 is 0 Å². The van der Waals surface area contributed by atoms with Crippen molar-refractivity contribution in [1.82, 2.24) is 9.29 Å². The van der Waals surface area contributed by atoms with Gasteiger partial charge in [-0.15, -0.1) is 0 Å². The molecular weight excluding hydrogens is 304 g/mol. The molecule has 2 amide bonds. The van der Waals surface area contributed by atoms with Gasteiger partial charge in [0.25, 0.3) is 5.91 Å². The van der Waals surface area contributed by atoms with Crippen LogP contribution in [-0.4, -0.2) is 41.9 Å². The Kier molecular flexibility index (Phi) is 4.70. The van der Waals surface area contributed by atoms with Crippen molar-refractivity contribution in [3.63, 3.8) is 0 Å². The van der Waals surface area contributed by atoms with Crippen LogP contribution in [0.15, 0.2) is 17.2 Å². The second kappa shape index (κ2) is 5.93. The molecule has 0 aliphatic heterocycles. The Labute approximate surface area is 119 Å². The van der Waals surface area contributed by atoms with Crippen LogP contribution in [0, 0.1) is 0 Å². The Morgan fingerprint density at radius 3 is 2.33 bits per heavy atom. The number of carboxylic acid groups (broad SMARTS) is 1. The number of carbonyl (C=O) groups excluding carboxylic acids is 2. The Morgan fingerprint density at radius 2 is 1.95 bits per heavy atom. The van der Waals surface area contributed by atoms with Crippen LogP contribution in [0.2, 0.25) is 0 Å². The number of carbonyl (C=O) groups is 3. The molecule has 1 rings (SSSR count). The summed E-state index contributed by atoms with van der Waals surface area (Å²) in [5.74, 6) is -3.37. The fourth-order valence-corrected chi connectivity index (χ4v) is 2.82. The average molecular weight is 318 g/mol. The first-order chi connectivity index (χ1) is 9.54. The standard InChI is InChI=1S/C10H14N4O6S/c1-14-4-5(2-7(14)9(12)16)21(19,20)13-6(10(17)18)3-8(11)15/h2,4,6,13H,3H2,1H3,(H2,11,15)(H2,12,16)(H,17,18)/t6-/m1/s1. The number of amides is 2. The van der Waals surface area contributed by atoms with Gasteiger partial charge in [0.05, 0.1) is 6.42 Å². The molecular formula is C10H14N4O6S. The summed E-state index contributed by atoms with van der Waals surface area (Å²) in [4.78, 5) is 32.4. The SMILES string of the molecule is Cn1cc(S(=O)(=O)N[C@H](CC(N)=O)C(=O)O)cc1C(N)=O. The molecule has 0 bridgehead atoms. The maximum absolute atomic E-state index is 12.0. The second-order valence-corrected chi connectivity index (χ2v) is 5.93. The quantitative estimate of drug-likeness (QED) is 0.441. The van der Waals surface area contributed by atoms with Crippen molar-refractivity contribution in [2.75, 3.05) is 0 Å². The molecule has 11 heteroatoms. The molecule has 0 aliphatic carbocycles. The van der Waals surface area contributed by atoms with Gasteiger partial charge in [-0.05, 0) is 6.07 Å². The molecule has 1 aromatic rings. The normalized spacial score (nSPS) is 12.8. The highest BCUT2D eigenvalue weighted by atomic mass is 32.2. The van der Waals surface area contributed by atoms with E-state index in [4.69, 9.17) is 16.6 Å². The van der Waals surface area contributed by atoms with Crippen molar-refractivity contribution in [2.45, 2.75) is 17.4 Å².